The second-order valence-electron chi connectivity index (χ2n) is 1.92. The minimum absolute atomic E-state index is 0. The van der Waals surface area contributed by atoms with Crippen LogP contribution in [0.5, 0.6) is 0 Å². The van der Waals surface area contributed by atoms with Crippen LogP contribution in [0.4, 0.5) is 13.2 Å². The van der Waals surface area contributed by atoms with Crippen LogP contribution in [-0.4, -0.2) is 29.2 Å². The van der Waals surface area contributed by atoms with E-state index in [1.165, 1.54) is 0 Å². The number of hydrogen-bond acceptors (Lipinski definition) is 4. The predicted molar refractivity (Wildman–Crippen MR) is 26.4 cm³/mol. The van der Waals surface area contributed by atoms with E-state index in [1.54, 1.807) is 0 Å². The van der Waals surface area contributed by atoms with E-state index in [9.17, 15) is 26.1 Å². The van der Waals surface area contributed by atoms with Crippen LogP contribution in [0.3, 0.4) is 0 Å². The van der Waals surface area contributed by atoms with Crippen molar-refractivity contribution >= 4 is 10.1 Å². The average Bonchev–Trinajstić information content (AvgIpc) is 1.58. The second kappa shape index (κ2) is 3.81. The van der Waals surface area contributed by atoms with Gasteiger partial charge in [-0.15, -0.1) is 0 Å². The molecule has 0 fully saturated rings. The van der Waals surface area contributed by atoms with Gasteiger partial charge < -0.3 is 9.66 Å². The summed E-state index contributed by atoms with van der Waals surface area (Å²) in [4.78, 5) is 0. The fraction of sp³-hybridized carbons (Fsp3) is 1.00. The third kappa shape index (κ3) is 2.86. The fourth-order valence-corrected chi connectivity index (χ4v) is 0.684. The molecule has 9 heteroatoms. The zero-order valence-corrected chi connectivity index (χ0v) is 9.03. The van der Waals surface area contributed by atoms with Crippen LogP contribution in [0, 0.1) is 0 Å². The molecule has 0 aliphatic heterocycles. The molecule has 0 aromatic rings. The number of hydrogen-bond donors (Lipinski definition) is 1. The van der Waals surface area contributed by atoms with E-state index in [-0.39, 0.29) is 36.5 Å². The van der Waals surface area contributed by atoms with Gasteiger partial charge in [-0.2, -0.15) is 8.78 Å². The molecule has 0 rings (SSSR count). The molecule has 0 aliphatic carbocycles. The molecular formula is C3H4F3NaO4S. The Morgan fingerprint density at radius 2 is 1.58 bits per heavy atom. The van der Waals surface area contributed by atoms with Crippen molar-refractivity contribution in [3.05, 3.63) is 0 Å². The molecule has 0 aliphatic rings. The molecule has 0 saturated carbocycles. The molecule has 0 amide bonds. The maximum absolute atomic E-state index is 11.9. The summed E-state index contributed by atoms with van der Waals surface area (Å²) in [5, 5.41) is 2.57. The van der Waals surface area contributed by atoms with E-state index in [0.717, 1.165) is 0 Å². The molecule has 12 heavy (non-hydrogen) atoms. The average molecular weight is 216 g/mol. The van der Waals surface area contributed by atoms with Crippen molar-refractivity contribution in [2.45, 2.75) is 18.0 Å². The van der Waals surface area contributed by atoms with Crippen LogP contribution in [0.2, 0.25) is 0 Å². The molecule has 0 radical (unpaired) electrons. The Morgan fingerprint density at radius 3 is 1.58 bits per heavy atom. The summed E-state index contributed by atoms with van der Waals surface area (Å²) >= 11 is 0. The number of rotatable bonds is 2. The monoisotopic (exact) mass is 216 g/mol. The first-order chi connectivity index (χ1) is 4.50. The molecule has 68 valence electrons. The van der Waals surface area contributed by atoms with Crippen molar-refractivity contribution in [2.75, 3.05) is 0 Å². The molecular weight excluding hydrogens is 212 g/mol. The van der Waals surface area contributed by atoms with E-state index in [0.29, 0.717) is 0 Å². The van der Waals surface area contributed by atoms with Gasteiger partial charge in [-0.25, -0.2) is 12.8 Å². The van der Waals surface area contributed by atoms with Crippen LogP contribution in [0.25, 0.3) is 0 Å². The second-order valence-corrected chi connectivity index (χ2v) is 3.35. The van der Waals surface area contributed by atoms with Gasteiger partial charge in [0.05, 0.1) is 0 Å². The molecule has 1 N–H and O–H groups in total. The third-order valence-electron chi connectivity index (χ3n) is 0.845. The molecule has 0 heterocycles. The van der Waals surface area contributed by atoms with Crippen molar-refractivity contribution < 1.29 is 60.8 Å². The molecule has 0 saturated heterocycles. The third-order valence-corrected chi connectivity index (χ3v) is 1.85. The van der Waals surface area contributed by atoms with Gasteiger partial charge in [-0.3, -0.25) is 0 Å². The Balaban J connectivity index is 0. The molecule has 0 aromatic heterocycles. The van der Waals surface area contributed by atoms with Gasteiger partial charge >= 0.3 is 34.8 Å². The molecule has 4 nitrogen and oxygen atoms in total. The number of alkyl halides is 3. The van der Waals surface area contributed by atoms with E-state index in [1.807, 2.05) is 0 Å². The van der Waals surface area contributed by atoms with Gasteiger partial charge in [0.1, 0.15) is 0 Å². The quantitative estimate of drug-likeness (QED) is 0.389. The summed E-state index contributed by atoms with van der Waals surface area (Å²) < 4.78 is 64.5. The maximum atomic E-state index is 11.9. The molecule has 0 spiro atoms. The van der Waals surface area contributed by atoms with Crippen LogP contribution in [-0.2, 0) is 10.1 Å². The van der Waals surface area contributed by atoms with E-state index in [4.69, 9.17) is 5.11 Å². The summed E-state index contributed by atoms with van der Waals surface area (Å²) in [5.41, 5.74) is 0. The van der Waals surface area contributed by atoms with Crippen molar-refractivity contribution in [1.82, 2.24) is 0 Å². The van der Waals surface area contributed by atoms with Crippen LogP contribution < -0.4 is 29.6 Å². The smallest absolute Gasteiger partial charge is 0.743 e. The zero-order chi connectivity index (χ0) is 9.50. The van der Waals surface area contributed by atoms with Gasteiger partial charge in [0.15, 0.2) is 10.1 Å². The maximum Gasteiger partial charge on any atom is 1.00 e. The van der Waals surface area contributed by atoms with E-state index < -0.39 is 21.2 Å². The predicted octanol–water partition coefficient (Wildman–Crippen LogP) is -3.19. The number of aliphatic hydroxyl groups is 1. The standard InChI is InChI=1S/C3H5F3O4S.Na/c1-2(4,7)3(5,6)11(8,9)10;/h7H,1H3,(H,8,9,10);/q;+1/p-1. The largest absolute Gasteiger partial charge is 1.00 e. The Kier molecular flexibility index (Phi) is 4.80. The Labute approximate surface area is 88.8 Å². The van der Waals surface area contributed by atoms with Gasteiger partial charge in [-0.1, -0.05) is 0 Å². The molecule has 1 atom stereocenters. The van der Waals surface area contributed by atoms with Gasteiger partial charge in [-0.05, 0) is 0 Å². The fourth-order valence-electron chi connectivity index (χ4n) is 0.228. The van der Waals surface area contributed by atoms with Crippen LogP contribution in [0.1, 0.15) is 6.92 Å². The molecule has 0 bridgehead atoms. The van der Waals surface area contributed by atoms with Gasteiger partial charge in [0, 0.05) is 6.92 Å². The summed E-state index contributed by atoms with van der Waals surface area (Å²) in [6.07, 6.45) is 0. The van der Waals surface area contributed by atoms with Crippen molar-refractivity contribution in [3.63, 3.8) is 0 Å². The van der Waals surface area contributed by atoms with E-state index >= 15 is 0 Å². The summed E-state index contributed by atoms with van der Waals surface area (Å²) in [6, 6.07) is 0. The minimum Gasteiger partial charge on any atom is -0.743 e. The Morgan fingerprint density at radius 1 is 1.33 bits per heavy atom. The van der Waals surface area contributed by atoms with Gasteiger partial charge in [0.25, 0.3) is 5.85 Å². The molecule has 0 aromatic carbocycles. The summed E-state index contributed by atoms with van der Waals surface area (Å²) in [7, 11) is -6.17. The zero-order valence-electron chi connectivity index (χ0n) is 6.21. The van der Waals surface area contributed by atoms with Crippen LogP contribution >= 0.6 is 0 Å². The van der Waals surface area contributed by atoms with Gasteiger partial charge in [0.2, 0.25) is 0 Å². The topological polar surface area (TPSA) is 77.4 Å². The van der Waals surface area contributed by atoms with Crippen molar-refractivity contribution in [1.29, 1.82) is 0 Å². The van der Waals surface area contributed by atoms with Crippen molar-refractivity contribution in [3.8, 4) is 0 Å². The Hall–Kier alpha value is 0.660. The van der Waals surface area contributed by atoms with Crippen molar-refractivity contribution in [2.24, 2.45) is 0 Å². The molecule has 1 unspecified atom stereocenters. The normalized spacial score (nSPS) is 17.8. The minimum atomic E-state index is -6.17. The van der Waals surface area contributed by atoms with E-state index in [2.05, 4.69) is 0 Å². The van der Waals surface area contributed by atoms with Crippen LogP contribution in [0.15, 0.2) is 0 Å². The number of halogens is 3. The first-order valence-corrected chi connectivity index (χ1v) is 3.65. The summed E-state index contributed by atoms with van der Waals surface area (Å²) in [5.74, 6) is -4.35. The summed E-state index contributed by atoms with van der Waals surface area (Å²) in [6.45, 7) is -0.123. The first-order valence-electron chi connectivity index (χ1n) is 2.24. The first kappa shape index (κ1) is 15.1. The SMILES string of the molecule is CC(O)(F)C(F)(F)S(=O)(=O)[O-].[Na+]. The Bertz CT molecular complexity index is 243.